The number of carbonyl (C=O) groups excluding carboxylic acids is 1. The van der Waals surface area contributed by atoms with Gasteiger partial charge in [0.1, 0.15) is 5.15 Å². The Morgan fingerprint density at radius 1 is 1.45 bits per heavy atom. The van der Waals surface area contributed by atoms with Gasteiger partial charge in [-0.1, -0.05) is 22.9 Å². The molecule has 0 spiro atoms. The van der Waals surface area contributed by atoms with E-state index in [1.165, 1.54) is 11.3 Å². The molecule has 0 bridgehead atoms. The summed E-state index contributed by atoms with van der Waals surface area (Å²) >= 11 is 8.75. The second kappa shape index (κ2) is 7.01. The summed E-state index contributed by atoms with van der Waals surface area (Å²) in [4.78, 5) is 17.5. The van der Waals surface area contributed by atoms with Crippen molar-refractivity contribution in [3.05, 3.63) is 23.5 Å². The Morgan fingerprint density at radius 3 is 2.90 bits per heavy atom. The number of nitrogens with zero attached hydrogens (tertiary/aromatic N) is 4. The van der Waals surface area contributed by atoms with Crippen LogP contribution in [0.1, 0.15) is 6.42 Å². The summed E-state index contributed by atoms with van der Waals surface area (Å²) in [6, 6.07) is 3.53. The molecule has 0 saturated heterocycles. The average Bonchev–Trinajstić information content (AvgIpc) is 2.94. The number of amides is 1. The third-order valence-electron chi connectivity index (χ3n) is 2.57. The van der Waals surface area contributed by atoms with E-state index >= 15 is 0 Å². The van der Waals surface area contributed by atoms with E-state index in [0.29, 0.717) is 21.7 Å². The van der Waals surface area contributed by atoms with Crippen molar-refractivity contribution in [2.45, 2.75) is 6.42 Å². The number of anilines is 1. The van der Waals surface area contributed by atoms with Crippen LogP contribution >= 0.6 is 34.7 Å². The molecule has 20 heavy (non-hydrogen) atoms. The zero-order valence-electron chi connectivity index (χ0n) is 11.0. The summed E-state index contributed by atoms with van der Waals surface area (Å²) in [5.74, 6) is 0.840. The molecule has 0 saturated carbocycles. The molecule has 0 aliphatic heterocycles. The third-order valence-corrected chi connectivity index (χ3v) is 4.45. The molecular formula is C12H13ClN4OS2. The molecule has 2 aromatic heterocycles. The van der Waals surface area contributed by atoms with E-state index in [2.05, 4.69) is 15.2 Å². The monoisotopic (exact) mass is 328 g/mol. The lowest BCUT2D eigenvalue weighted by molar-refractivity contribution is -0.117. The van der Waals surface area contributed by atoms with Crippen LogP contribution in [0.5, 0.6) is 0 Å². The molecular weight excluding hydrogens is 316 g/mol. The van der Waals surface area contributed by atoms with Crippen molar-refractivity contribution in [1.82, 2.24) is 15.2 Å². The highest BCUT2D eigenvalue weighted by Gasteiger charge is 2.16. The highest BCUT2D eigenvalue weighted by atomic mass is 35.5. The first-order valence-electron chi connectivity index (χ1n) is 5.82. The number of carbonyl (C=O) groups is 1. The molecule has 0 atom stereocenters. The fraction of sp³-hybridized carbons (Fsp3) is 0.333. The highest BCUT2D eigenvalue weighted by molar-refractivity contribution is 7.98. The lowest BCUT2D eigenvalue weighted by Gasteiger charge is -2.12. The Labute approximate surface area is 130 Å². The average molecular weight is 329 g/mol. The highest BCUT2D eigenvalue weighted by Crippen LogP contribution is 2.28. The van der Waals surface area contributed by atoms with Crippen molar-refractivity contribution in [3.63, 3.8) is 0 Å². The van der Waals surface area contributed by atoms with E-state index in [1.807, 2.05) is 12.3 Å². The van der Waals surface area contributed by atoms with E-state index in [4.69, 9.17) is 11.6 Å². The largest absolute Gasteiger partial charge is 0.290 e. The maximum absolute atomic E-state index is 11.9. The first-order chi connectivity index (χ1) is 9.61. The van der Waals surface area contributed by atoms with Gasteiger partial charge in [-0.05, 0) is 18.4 Å². The summed E-state index contributed by atoms with van der Waals surface area (Å²) in [7, 11) is 1.72. The molecule has 8 heteroatoms. The van der Waals surface area contributed by atoms with Crippen molar-refractivity contribution in [3.8, 4) is 10.6 Å². The van der Waals surface area contributed by atoms with Gasteiger partial charge in [-0.3, -0.25) is 9.69 Å². The summed E-state index contributed by atoms with van der Waals surface area (Å²) in [5.41, 5.74) is 0.836. The molecule has 0 aliphatic carbocycles. The smallest absolute Gasteiger partial charge is 0.229 e. The maximum atomic E-state index is 11.9. The second-order valence-corrected chi connectivity index (χ2v) is 6.28. The number of aromatic nitrogens is 3. The van der Waals surface area contributed by atoms with E-state index in [9.17, 15) is 4.79 Å². The Hall–Kier alpha value is -1.18. The number of rotatable bonds is 5. The minimum atomic E-state index is 0.0382. The zero-order chi connectivity index (χ0) is 14.5. The molecule has 0 N–H and O–H groups in total. The van der Waals surface area contributed by atoms with Crippen LogP contribution in [-0.4, -0.2) is 40.1 Å². The molecule has 0 radical (unpaired) electrons. The minimum absolute atomic E-state index is 0.0382. The molecule has 2 aromatic rings. The van der Waals surface area contributed by atoms with Gasteiger partial charge >= 0.3 is 0 Å². The van der Waals surface area contributed by atoms with Crippen LogP contribution in [0.3, 0.4) is 0 Å². The molecule has 2 heterocycles. The van der Waals surface area contributed by atoms with Gasteiger partial charge < -0.3 is 0 Å². The molecule has 2 rings (SSSR count). The fourth-order valence-electron chi connectivity index (χ4n) is 1.43. The van der Waals surface area contributed by atoms with Crippen LogP contribution in [0.2, 0.25) is 5.15 Å². The predicted molar refractivity (Wildman–Crippen MR) is 84.6 cm³/mol. The van der Waals surface area contributed by atoms with Gasteiger partial charge in [0, 0.05) is 31.0 Å². The first-order valence-corrected chi connectivity index (χ1v) is 8.41. The summed E-state index contributed by atoms with van der Waals surface area (Å²) < 4.78 is 0. The van der Waals surface area contributed by atoms with Gasteiger partial charge in [-0.2, -0.15) is 11.8 Å². The van der Waals surface area contributed by atoms with Gasteiger partial charge in [-0.25, -0.2) is 4.98 Å². The number of pyridine rings is 1. The summed E-state index contributed by atoms with van der Waals surface area (Å²) in [6.07, 6.45) is 4.11. The lowest BCUT2D eigenvalue weighted by atomic mass is 10.3. The molecule has 0 fully saturated rings. The summed E-state index contributed by atoms with van der Waals surface area (Å²) in [6.45, 7) is 0. The quantitative estimate of drug-likeness (QED) is 0.790. The van der Waals surface area contributed by atoms with Crippen molar-refractivity contribution in [1.29, 1.82) is 0 Å². The van der Waals surface area contributed by atoms with Gasteiger partial charge in [0.2, 0.25) is 11.0 Å². The van der Waals surface area contributed by atoms with Crippen LogP contribution in [0.15, 0.2) is 18.3 Å². The van der Waals surface area contributed by atoms with Crippen LogP contribution in [0.25, 0.3) is 10.6 Å². The van der Waals surface area contributed by atoms with Crippen molar-refractivity contribution in [2.75, 3.05) is 24.0 Å². The van der Waals surface area contributed by atoms with Crippen LogP contribution in [0.4, 0.5) is 5.13 Å². The minimum Gasteiger partial charge on any atom is -0.290 e. The first kappa shape index (κ1) is 15.2. The van der Waals surface area contributed by atoms with E-state index in [0.717, 1.165) is 11.3 Å². The molecule has 0 aromatic carbocycles. The van der Waals surface area contributed by atoms with Crippen LogP contribution < -0.4 is 4.90 Å². The van der Waals surface area contributed by atoms with Crippen molar-refractivity contribution in [2.24, 2.45) is 0 Å². The topological polar surface area (TPSA) is 59.0 Å². The zero-order valence-corrected chi connectivity index (χ0v) is 13.4. The number of halogens is 1. The SMILES string of the molecule is CSCCC(=O)N(C)c1nnc(-c2ccc(Cl)nc2)s1. The van der Waals surface area contributed by atoms with Gasteiger partial charge in [0.25, 0.3) is 0 Å². The van der Waals surface area contributed by atoms with Crippen LogP contribution in [0, 0.1) is 0 Å². The number of thioether (sulfide) groups is 1. The van der Waals surface area contributed by atoms with E-state index < -0.39 is 0 Å². The Bertz CT molecular complexity index is 587. The van der Waals surface area contributed by atoms with Gasteiger partial charge in [-0.15, -0.1) is 10.2 Å². The van der Waals surface area contributed by atoms with E-state index in [1.54, 1.807) is 36.0 Å². The third kappa shape index (κ3) is 3.68. The Kier molecular flexibility index (Phi) is 5.33. The second-order valence-electron chi connectivity index (χ2n) is 3.95. The Morgan fingerprint density at radius 2 is 2.25 bits per heavy atom. The number of hydrogen-bond donors (Lipinski definition) is 0. The van der Waals surface area contributed by atoms with Crippen molar-refractivity contribution < 1.29 is 4.79 Å². The number of hydrogen-bond acceptors (Lipinski definition) is 6. The molecule has 106 valence electrons. The summed E-state index contributed by atoms with van der Waals surface area (Å²) in [5, 5.41) is 9.87. The predicted octanol–water partition coefficient (Wildman–Crippen LogP) is 2.97. The normalized spacial score (nSPS) is 10.6. The molecule has 0 aliphatic rings. The van der Waals surface area contributed by atoms with Gasteiger partial charge in [0.05, 0.1) is 0 Å². The van der Waals surface area contributed by atoms with Crippen molar-refractivity contribution >= 4 is 45.7 Å². The lowest BCUT2D eigenvalue weighted by Crippen LogP contribution is -2.26. The molecule has 5 nitrogen and oxygen atoms in total. The molecule has 0 unspecified atom stereocenters. The van der Waals surface area contributed by atoms with Crippen LogP contribution in [-0.2, 0) is 4.79 Å². The molecule has 1 amide bonds. The van der Waals surface area contributed by atoms with E-state index in [-0.39, 0.29) is 5.91 Å². The van der Waals surface area contributed by atoms with Gasteiger partial charge in [0.15, 0.2) is 5.01 Å². The maximum Gasteiger partial charge on any atom is 0.229 e. The Balaban J connectivity index is 2.12. The standard InChI is InChI=1S/C12H13ClN4OS2/c1-17(10(18)5-6-19-2)12-16-15-11(20-12)8-3-4-9(13)14-7-8/h3-4,7H,5-6H2,1-2H3. The fourth-order valence-corrected chi connectivity index (χ4v) is 2.74.